The third-order valence-electron chi connectivity index (χ3n) is 2.42. The summed E-state index contributed by atoms with van der Waals surface area (Å²) in [6.45, 7) is 3.12. The van der Waals surface area contributed by atoms with Gasteiger partial charge in [-0.1, -0.05) is 19.1 Å². The number of halogens is 1. The molecule has 0 amide bonds. The van der Waals surface area contributed by atoms with Crippen molar-refractivity contribution in [3.8, 4) is 5.88 Å². The molecule has 0 saturated heterocycles. The fraction of sp³-hybridized carbons (Fsp3) is 0.286. The van der Waals surface area contributed by atoms with Crippen LogP contribution in [0.25, 0.3) is 0 Å². The van der Waals surface area contributed by atoms with Crippen LogP contribution in [0, 0.1) is 5.82 Å². The Kier molecular flexibility index (Phi) is 4.66. The molecule has 0 aliphatic heterocycles. The second kappa shape index (κ2) is 6.68. The van der Waals surface area contributed by atoms with Gasteiger partial charge in [0.05, 0.1) is 6.61 Å². The topological polar surface area (TPSA) is 47.0 Å². The van der Waals surface area contributed by atoms with Crippen LogP contribution in [0.3, 0.4) is 0 Å². The second-order valence-corrected chi connectivity index (χ2v) is 4.05. The molecule has 4 nitrogen and oxygen atoms in total. The quantitative estimate of drug-likeness (QED) is 0.868. The van der Waals surface area contributed by atoms with Crippen LogP contribution in [-0.2, 0) is 6.54 Å². The van der Waals surface area contributed by atoms with Crippen molar-refractivity contribution < 1.29 is 9.13 Å². The molecule has 0 aliphatic rings. The van der Waals surface area contributed by atoms with Gasteiger partial charge in [0, 0.05) is 18.8 Å². The Bertz CT molecular complexity index is 534. The monoisotopic (exact) mass is 261 g/mol. The van der Waals surface area contributed by atoms with Crippen LogP contribution in [0.4, 0.5) is 10.3 Å². The van der Waals surface area contributed by atoms with E-state index in [2.05, 4.69) is 15.3 Å². The molecule has 1 aromatic carbocycles. The third kappa shape index (κ3) is 4.21. The van der Waals surface area contributed by atoms with Crippen molar-refractivity contribution >= 4 is 5.95 Å². The second-order valence-electron chi connectivity index (χ2n) is 4.05. The summed E-state index contributed by atoms with van der Waals surface area (Å²) in [4.78, 5) is 8.30. The lowest BCUT2D eigenvalue weighted by atomic mass is 10.2. The average Bonchev–Trinajstić information content (AvgIpc) is 2.43. The normalized spacial score (nSPS) is 10.2. The molecule has 5 heteroatoms. The Balaban J connectivity index is 1.95. The standard InChI is InChI=1S/C14H16FN3O/c1-2-8-19-13-6-7-16-14(18-13)17-10-11-4-3-5-12(15)9-11/h3-7,9H,2,8,10H2,1H3,(H,16,17,18). The van der Waals surface area contributed by atoms with Gasteiger partial charge in [-0.15, -0.1) is 0 Å². The summed E-state index contributed by atoms with van der Waals surface area (Å²) in [7, 11) is 0. The van der Waals surface area contributed by atoms with Crippen molar-refractivity contribution in [2.75, 3.05) is 11.9 Å². The number of benzene rings is 1. The van der Waals surface area contributed by atoms with Crippen molar-refractivity contribution in [1.29, 1.82) is 0 Å². The summed E-state index contributed by atoms with van der Waals surface area (Å²) < 4.78 is 18.4. The predicted molar refractivity (Wildman–Crippen MR) is 71.5 cm³/mol. The summed E-state index contributed by atoms with van der Waals surface area (Å²) in [6, 6.07) is 8.12. The van der Waals surface area contributed by atoms with Gasteiger partial charge in [-0.3, -0.25) is 0 Å². The number of rotatable bonds is 6. The third-order valence-corrected chi connectivity index (χ3v) is 2.42. The number of anilines is 1. The molecule has 0 unspecified atom stereocenters. The number of aromatic nitrogens is 2. The first-order valence-corrected chi connectivity index (χ1v) is 6.22. The van der Waals surface area contributed by atoms with E-state index in [0.29, 0.717) is 25.0 Å². The van der Waals surface area contributed by atoms with Crippen LogP contribution < -0.4 is 10.1 Å². The lowest BCUT2D eigenvalue weighted by Gasteiger charge is -2.07. The highest BCUT2D eigenvalue weighted by Gasteiger charge is 2.00. The minimum absolute atomic E-state index is 0.250. The summed E-state index contributed by atoms with van der Waals surface area (Å²) >= 11 is 0. The molecule has 0 bridgehead atoms. The maximum Gasteiger partial charge on any atom is 0.226 e. The van der Waals surface area contributed by atoms with Crippen LogP contribution in [0.15, 0.2) is 36.5 Å². The number of hydrogen-bond acceptors (Lipinski definition) is 4. The molecule has 0 saturated carbocycles. The molecule has 1 N–H and O–H groups in total. The number of ether oxygens (including phenoxy) is 1. The van der Waals surface area contributed by atoms with Crippen molar-refractivity contribution in [3.63, 3.8) is 0 Å². The Hall–Kier alpha value is -2.17. The lowest BCUT2D eigenvalue weighted by molar-refractivity contribution is 0.305. The largest absolute Gasteiger partial charge is 0.478 e. The van der Waals surface area contributed by atoms with Crippen LogP contribution in [0.1, 0.15) is 18.9 Å². The van der Waals surface area contributed by atoms with Crippen molar-refractivity contribution in [2.45, 2.75) is 19.9 Å². The highest BCUT2D eigenvalue weighted by molar-refractivity contribution is 5.30. The summed E-state index contributed by atoms with van der Waals surface area (Å²) in [6.07, 6.45) is 2.56. The van der Waals surface area contributed by atoms with Crippen LogP contribution in [0.2, 0.25) is 0 Å². The summed E-state index contributed by atoms with van der Waals surface area (Å²) in [5.41, 5.74) is 0.837. The van der Waals surface area contributed by atoms with Gasteiger partial charge >= 0.3 is 0 Å². The molecule has 100 valence electrons. The molecular formula is C14H16FN3O. The van der Waals surface area contributed by atoms with Crippen LogP contribution in [0.5, 0.6) is 5.88 Å². The van der Waals surface area contributed by atoms with Gasteiger partial charge in [0.2, 0.25) is 11.8 Å². The van der Waals surface area contributed by atoms with Gasteiger partial charge in [-0.25, -0.2) is 9.37 Å². The fourth-order valence-corrected chi connectivity index (χ4v) is 1.54. The fourth-order valence-electron chi connectivity index (χ4n) is 1.54. The molecule has 1 heterocycles. The molecule has 2 aromatic rings. The molecule has 19 heavy (non-hydrogen) atoms. The maximum atomic E-state index is 13.0. The van der Waals surface area contributed by atoms with Gasteiger partial charge in [-0.05, 0) is 24.1 Å². The average molecular weight is 261 g/mol. The van der Waals surface area contributed by atoms with Crippen LogP contribution in [-0.4, -0.2) is 16.6 Å². The molecule has 0 fully saturated rings. The Morgan fingerprint density at radius 1 is 1.32 bits per heavy atom. The van der Waals surface area contributed by atoms with E-state index >= 15 is 0 Å². The minimum Gasteiger partial charge on any atom is -0.478 e. The van der Waals surface area contributed by atoms with E-state index in [1.807, 2.05) is 13.0 Å². The van der Waals surface area contributed by atoms with Crippen molar-refractivity contribution in [2.24, 2.45) is 0 Å². The van der Waals surface area contributed by atoms with Crippen molar-refractivity contribution in [1.82, 2.24) is 9.97 Å². The summed E-state index contributed by atoms with van der Waals surface area (Å²) in [5.74, 6) is 0.761. The molecule has 0 aliphatic carbocycles. The van der Waals surface area contributed by atoms with Gasteiger partial charge in [0.15, 0.2) is 0 Å². The zero-order valence-corrected chi connectivity index (χ0v) is 10.8. The van der Waals surface area contributed by atoms with Gasteiger partial charge < -0.3 is 10.1 Å². The van der Waals surface area contributed by atoms with E-state index in [9.17, 15) is 4.39 Å². The zero-order valence-electron chi connectivity index (χ0n) is 10.8. The Labute approximate surface area is 111 Å². The minimum atomic E-state index is -0.250. The number of nitrogens with one attached hydrogen (secondary N) is 1. The number of hydrogen-bond donors (Lipinski definition) is 1. The highest BCUT2D eigenvalue weighted by Crippen LogP contribution is 2.10. The smallest absolute Gasteiger partial charge is 0.226 e. The van der Waals surface area contributed by atoms with E-state index in [4.69, 9.17) is 4.74 Å². The van der Waals surface area contributed by atoms with E-state index < -0.39 is 0 Å². The molecule has 0 spiro atoms. The van der Waals surface area contributed by atoms with E-state index in [1.54, 1.807) is 18.3 Å². The van der Waals surface area contributed by atoms with E-state index in [1.165, 1.54) is 12.1 Å². The molecule has 0 radical (unpaired) electrons. The first-order chi connectivity index (χ1) is 9.28. The molecular weight excluding hydrogens is 245 g/mol. The first-order valence-electron chi connectivity index (χ1n) is 6.22. The molecule has 2 rings (SSSR count). The summed E-state index contributed by atoms with van der Waals surface area (Å²) in [5, 5.41) is 3.04. The van der Waals surface area contributed by atoms with E-state index in [0.717, 1.165) is 12.0 Å². The van der Waals surface area contributed by atoms with Gasteiger partial charge in [-0.2, -0.15) is 4.98 Å². The Morgan fingerprint density at radius 2 is 2.21 bits per heavy atom. The Morgan fingerprint density at radius 3 is 3.00 bits per heavy atom. The molecule has 0 atom stereocenters. The maximum absolute atomic E-state index is 13.0. The molecule has 1 aromatic heterocycles. The van der Waals surface area contributed by atoms with E-state index in [-0.39, 0.29) is 5.82 Å². The van der Waals surface area contributed by atoms with Crippen LogP contribution >= 0.6 is 0 Å². The van der Waals surface area contributed by atoms with Gasteiger partial charge in [0.25, 0.3) is 0 Å². The number of nitrogens with zero attached hydrogens (tertiary/aromatic N) is 2. The predicted octanol–water partition coefficient (Wildman–Crippen LogP) is 3.02. The zero-order chi connectivity index (χ0) is 13.5. The van der Waals surface area contributed by atoms with Gasteiger partial charge in [0.1, 0.15) is 5.82 Å². The first kappa shape index (κ1) is 13.3. The van der Waals surface area contributed by atoms with Crippen molar-refractivity contribution in [3.05, 3.63) is 47.9 Å². The highest BCUT2D eigenvalue weighted by atomic mass is 19.1. The SMILES string of the molecule is CCCOc1ccnc(NCc2cccc(F)c2)n1. The lowest BCUT2D eigenvalue weighted by Crippen LogP contribution is -2.05.